The third-order valence-electron chi connectivity index (χ3n) is 5.76. The van der Waals surface area contributed by atoms with Gasteiger partial charge in [-0.3, -0.25) is 0 Å². The molecule has 168 valence electrons. The number of nitrogens with zero attached hydrogens (tertiary/aromatic N) is 4. The molecule has 0 bridgehead atoms. The quantitative estimate of drug-likeness (QED) is 0.451. The highest BCUT2D eigenvalue weighted by Crippen LogP contribution is 2.35. The number of hydroxylamine groups is 2. The van der Waals surface area contributed by atoms with E-state index < -0.39 is 11.8 Å². The molecule has 4 rings (SSSR count). The molecule has 0 radical (unpaired) electrons. The monoisotopic (exact) mass is 427 g/mol. The lowest BCUT2D eigenvalue weighted by atomic mass is 10.0. The van der Waals surface area contributed by atoms with Crippen LogP contribution in [-0.2, 0) is 16.1 Å². The second-order valence-corrected chi connectivity index (χ2v) is 9.88. The highest BCUT2D eigenvalue weighted by molar-refractivity contribution is 5.82. The number of fused-ring (bicyclic) bond motifs is 2. The van der Waals surface area contributed by atoms with Crippen LogP contribution in [-0.4, -0.2) is 52.5 Å². The molecule has 31 heavy (non-hydrogen) atoms. The maximum Gasteiger partial charge on any atom is 0.528 e. The van der Waals surface area contributed by atoms with Crippen molar-refractivity contribution in [3.63, 3.8) is 0 Å². The van der Waals surface area contributed by atoms with Gasteiger partial charge in [0, 0.05) is 38.4 Å². The van der Waals surface area contributed by atoms with Crippen molar-refractivity contribution in [3.05, 3.63) is 29.8 Å². The van der Waals surface area contributed by atoms with E-state index in [0.29, 0.717) is 24.9 Å². The number of aromatic nitrogens is 2. The fraction of sp³-hybridized carbons (Fsp3) is 0.565. The molecule has 2 aliphatic rings. The fourth-order valence-electron chi connectivity index (χ4n) is 4.38. The predicted octanol–water partition coefficient (Wildman–Crippen LogP) is 3.82. The summed E-state index contributed by atoms with van der Waals surface area (Å²) in [6.45, 7) is 13.7. The third-order valence-corrected chi connectivity index (χ3v) is 5.76. The van der Waals surface area contributed by atoms with Crippen molar-refractivity contribution in [2.24, 2.45) is 11.8 Å². The SMILES string of the molecule is CC(C)=CCn1c(N2CC3CN(OC(=O)OC(C)(C)C)CC3C2)nc2ccc(N)cc21. The number of carbonyl (C=O) groups excluding carboxylic acids is 1. The number of carbonyl (C=O) groups is 1. The van der Waals surface area contributed by atoms with E-state index in [-0.39, 0.29) is 0 Å². The van der Waals surface area contributed by atoms with E-state index in [1.165, 1.54) is 5.57 Å². The molecule has 0 spiro atoms. The van der Waals surface area contributed by atoms with Gasteiger partial charge in [0.2, 0.25) is 5.95 Å². The topological polar surface area (TPSA) is 85.8 Å². The maximum atomic E-state index is 12.0. The zero-order valence-electron chi connectivity index (χ0n) is 19.1. The van der Waals surface area contributed by atoms with Gasteiger partial charge in [0.1, 0.15) is 5.60 Å². The van der Waals surface area contributed by atoms with Crippen molar-refractivity contribution in [2.45, 2.75) is 46.8 Å². The average Bonchev–Trinajstić information content (AvgIpc) is 3.28. The molecule has 2 aliphatic heterocycles. The first kappa shape index (κ1) is 21.5. The molecular weight excluding hydrogens is 394 g/mol. The smallest absolute Gasteiger partial charge is 0.427 e. The molecule has 1 aromatic carbocycles. The van der Waals surface area contributed by atoms with Gasteiger partial charge in [-0.1, -0.05) is 11.6 Å². The number of nitrogens with two attached hydrogens (primary N) is 1. The molecule has 2 saturated heterocycles. The van der Waals surface area contributed by atoms with Crippen LogP contribution in [0.3, 0.4) is 0 Å². The Kier molecular flexibility index (Phi) is 5.60. The van der Waals surface area contributed by atoms with Gasteiger partial charge in [-0.15, -0.1) is 5.06 Å². The van der Waals surface area contributed by atoms with Crippen molar-refractivity contribution < 1.29 is 14.4 Å². The molecule has 0 amide bonds. The minimum Gasteiger partial charge on any atom is -0.427 e. The first-order valence-corrected chi connectivity index (χ1v) is 10.9. The van der Waals surface area contributed by atoms with Crippen LogP contribution in [0.4, 0.5) is 16.4 Å². The molecule has 2 fully saturated rings. The number of hydrogen-bond donors (Lipinski definition) is 1. The Labute approximate surface area is 183 Å². The van der Waals surface area contributed by atoms with Gasteiger partial charge in [0.25, 0.3) is 0 Å². The number of ether oxygens (including phenoxy) is 1. The molecule has 0 aliphatic carbocycles. The summed E-state index contributed by atoms with van der Waals surface area (Å²) in [6, 6.07) is 5.88. The molecule has 3 heterocycles. The lowest BCUT2D eigenvalue weighted by Gasteiger charge is -2.24. The van der Waals surface area contributed by atoms with Gasteiger partial charge in [-0.2, -0.15) is 0 Å². The van der Waals surface area contributed by atoms with E-state index in [1.807, 2.05) is 39.0 Å². The lowest BCUT2D eigenvalue weighted by Crippen LogP contribution is -2.34. The van der Waals surface area contributed by atoms with Crippen LogP contribution in [0.2, 0.25) is 0 Å². The highest BCUT2D eigenvalue weighted by atomic mass is 16.8. The van der Waals surface area contributed by atoms with Crippen molar-refractivity contribution in [2.75, 3.05) is 36.8 Å². The van der Waals surface area contributed by atoms with Gasteiger partial charge < -0.3 is 24.8 Å². The molecule has 8 heteroatoms. The third kappa shape index (κ3) is 4.79. The Hall–Kier alpha value is -2.74. The number of imidazole rings is 1. The van der Waals surface area contributed by atoms with Crippen LogP contribution in [0.15, 0.2) is 29.8 Å². The van der Waals surface area contributed by atoms with Crippen LogP contribution >= 0.6 is 0 Å². The van der Waals surface area contributed by atoms with E-state index >= 15 is 0 Å². The normalized spacial score (nSPS) is 21.4. The van der Waals surface area contributed by atoms with Gasteiger partial charge in [0.05, 0.1) is 11.0 Å². The summed E-state index contributed by atoms with van der Waals surface area (Å²) in [4.78, 5) is 24.7. The molecule has 8 nitrogen and oxygen atoms in total. The zero-order valence-corrected chi connectivity index (χ0v) is 19.1. The summed E-state index contributed by atoms with van der Waals surface area (Å²) in [5.41, 5.74) is 9.52. The summed E-state index contributed by atoms with van der Waals surface area (Å²) >= 11 is 0. The van der Waals surface area contributed by atoms with Crippen molar-refractivity contribution >= 4 is 28.8 Å². The Balaban J connectivity index is 1.48. The fourth-order valence-corrected chi connectivity index (χ4v) is 4.38. The summed E-state index contributed by atoms with van der Waals surface area (Å²) < 4.78 is 7.52. The second-order valence-electron chi connectivity index (χ2n) is 9.88. The second kappa shape index (κ2) is 8.07. The van der Waals surface area contributed by atoms with Gasteiger partial charge in [-0.25, -0.2) is 9.78 Å². The minimum atomic E-state index is -0.634. The highest BCUT2D eigenvalue weighted by Gasteiger charge is 2.43. The van der Waals surface area contributed by atoms with E-state index in [9.17, 15) is 4.79 Å². The maximum absolute atomic E-state index is 12.0. The van der Waals surface area contributed by atoms with E-state index in [4.69, 9.17) is 20.3 Å². The number of nitrogen functional groups attached to an aromatic ring is 1. The Morgan fingerprint density at radius 1 is 1.19 bits per heavy atom. The molecular formula is C23H33N5O3. The van der Waals surface area contributed by atoms with E-state index in [2.05, 4.69) is 29.4 Å². The molecule has 1 aromatic heterocycles. The van der Waals surface area contributed by atoms with Crippen LogP contribution in [0.5, 0.6) is 0 Å². The number of allylic oxidation sites excluding steroid dienone is 2. The van der Waals surface area contributed by atoms with Crippen molar-refractivity contribution in [3.8, 4) is 0 Å². The van der Waals surface area contributed by atoms with Crippen LogP contribution < -0.4 is 10.6 Å². The van der Waals surface area contributed by atoms with Crippen LogP contribution in [0.25, 0.3) is 11.0 Å². The van der Waals surface area contributed by atoms with Gasteiger partial charge in [-0.05, 0) is 64.7 Å². The number of hydrogen-bond acceptors (Lipinski definition) is 7. The number of anilines is 2. The Morgan fingerprint density at radius 3 is 2.48 bits per heavy atom. The average molecular weight is 428 g/mol. The van der Waals surface area contributed by atoms with Crippen LogP contribution in [0, 0.1) is 11.8 Å². The summed E-state index contributed by atoms with van der Waals surface area (Å²) in [7, 11) is 0. The summed E-state index contributed by atoms with van der Waals surface area (Å²) in [5, 5.41) is 1.74. The first-order chi connectivity index (χ1) is 14.6. The first-order valence-electron chi connectivity index (χ1n) is 10.9. The molecule has 0 saturated carbocycles. The van der Waals surface area contributed by atoms with Crippen molar-refractivity contribution in [1.82, 2.24) is 14.6 Å². The van der Waals surface area contributed by atoms with Crippen LogP contribution in [0.1, 0.15) is 34.6 Å². The zero-order chi connectivity index (χ0) is 22.3. The molecule has 2 unspecified atom stereocenters. The van der Waals surface area contributed by atoms with E-state index in [1.54, 1.807) is 5.06 Å². The predicted molar refractivity (Wildman–Crippen MR) is 122 cm³/mol. The number of rotatable bonds is 4. The van der Waals surface area contributed by atoms with Crippen molar-refractivity contribution in [1.29, 1.82) is 0 Å². The largest absolute Gasteiger partial charge is 0.528 e. The molecule has 2 N–H and O–H groups in total. The van der Waals surface area contributed by atoms with Gasteiger partial charge >= 0.3 is 6.16 Å². The minimum absolute atomic E-state index is 0.421. The summed E-state index contributed by atoms with van der Waals surface area (Å²) in [5.74, 6) is 1.82. The standard InChI is InChI=1S/C23H33N5O3/c1-15(2)8-9-28-20-10-18(24)6-7-19(20)25-21(28)26-11-16-13-27(14-17(16)12-26)31-22(29)30-23(3,4)5/h6-8,10,16-17H,9,11-14,24H2,1-5H3. The Morgan fingerprint density at radius 2 is 1.87 bits per heavy atom. The molecule has 2 aromatic rings. The lowest BCUT2D eigenvalue weighted by molar-refractivity contribution is -0.133. The van der Waals surface area contributed by atoms with Gasteiger partial charge in [0.15, 0.2) is 0 Å². The summed E-state index contributed by atoms with van der Waals surface area (Å²) in [6.07, 6.45) is 1.58. The number of benzene rings is 1. The van der Waals surface area contributed by atoms with E-state index in [0.717, 1.165) is 42.3 Å². The Bertz CT molecular complexity index is 989. The molecule has 2 atom stereocenters.